The molecule has 2 aliphatic rings. The molecule has 0 saturated carbocycles. The van der Waals surface area contributed by atoms with Crippen LogP contribution in [0.2, 0.25) is 0 Å². The van der Waals surface area contributed by atoms with Crippen LogP contribution in [-0.2, 0) is 20.4 Å². The molecule has 0 aliphatic carbocycles. The summed E-state index contributed by atoms with van der Waals surface area (Å²) in [6.45, 7) is 6.51. The van der Waals surface area contributed by atoms with Gasteiger partial charge >= 0.3 is 7.82 Å². The number of aryl methyl sites for hydroxylation is 1. The maximum Gasteiger partial charge on any atom is 0.469 e. The number of rotatable bonds is 10. The Morgan fingerprint density at radius 1 is 0.962 bits per heavy atom. The number of hydrogen-bond donors (Lipinski definition) is 8. The second-order valence-electron chi connectivity index (χ2n) is 12.7. The summed E-state index contributed by atoms with van der Waals surface area (Å²) in [4.78, 5) is 47.7. The normalized spacial score (nSPS) is 22.4. The Labute approximate surface area is 306 Å². The number of nitrogens with zero attached hydrogens (tertiary/aromatic N) is 5. The highest BCUT2D eigenvalue weighted by Crippen LogP contribution is 2.37. The van der Waals surface area contributed by atoms with Crippen LogP contribution < -0.4 is 10.6 Å². The van der Waals surface area contributed by atoms with Crippen molar-refractivity contribution < 1.29 is 48.8 Å². The summed E-state index contributed by atoms with van der Waals surface area (Å²) in [5.41, 5.74) is 6.08. The van der Waals surface area contributed by atoms with E-state index in [1.54, 1.807) is 18.6 Å². The number of amides is 1. The zero-order valence-electron chi connectivity index (χ0n) is 29.1. The van der Waals surface area contributed by atoms with E-state index in [0.717, 1.165) is 55.2 Å². The van der Waals surface area contributed by atoms with Gasteiger partial charge in [-0.25, -0.2) is 14.5 Å². The van der Waals surface area contributed by atoms with Gasteiger partial charge in [-0.3, -0.25) is 19.2 Å². The quantitative estimate of drug-likeness (QED) is 0.107. The Morgan fingerprint density at radius 3 is 2.38 bits per heavy atom. The molecule has 0 radical (unpaired) electrons. The van der Waals surface area contributed by atoms with E-state index in [4.69, 9.17) is 20.0 Å². The van der Waals surface area contributed by atoms with Gasteiger partial charge < -0.3 is 50.5 Å². The van der Waals surface area contributed by atoms with E-state index >= 15 is 0 Å². The zero-order valence-corrected chi connectivity index (χ0v) is 30.0. The molecule has 4 heterocycles. The summed E-state index contributed by atoms with van der Waals surface area (Å²) >= 11 is 0. The SMILES string of the molecule is Cc1ccc(NC(=O)c2ccc(CN3CCN(C)CC3)cc2)cc1Nc1nccc(-c2cccnc2)n1.O=P(O)(O)OC[C@H]1O[C@H](O)[C@H](O)[C@@H](O)[C@@H]1O. The van der Waals surface area contributed by atoms with Gasteiger partial charge in [0, 0.05) is 73.8 Å². The number of aliphatic hydroxyl groups is 4. The fourth-order valence-corrected chi connectivity index (χ4v) is 5.86. The first-order chi connectivity index (χ1) is 25.3. The molecule has 1 amide bonds. The van der Waals surface area contributed by atoms with Crippen molar-refractivity contribution in [1.29, 1.82) is 0 Å². The standard InChI is InChI=1S/C29H31N7O.C6H13O9P/c1-21-5-10-25(18-27(21)34-29-31-13-11-26(33-29)24-4-3-12-30-19-24)32-28(37)23-8-6-22(7-9-23)20-36-16-14-35(2)15-17-36;7-3-2(1-14-16(11,12)13)15-6(10)5(9)4(3)8/h3-13,18-19H,14-17,20H2,1-2H3,(H,32,37)(H,31,33,34);2-10H,1H2,(H2,11,12,13)/t;2-,3-,4+,5-,6+/m.1/s1. The minimum absolute atomic E-state index is 0.143. The van der Waals surface area contributed by atoms with Crippen LogP contribution in [0.3, 0.4) is 0 Å². The molecule has 4 aromatic rings. The third-order valence-corrected chi connectivity index (χ3v) is 9.15. The number of ether oxygens (including phenoxy) is 1. The smallest absolute Gasteiger partial charge is 0.387 e. The Kier molecular flexibility index (Phi) is 13.7. The van der Waals surface area contributed by atoms with Gasteiger partial charge in [-0.1, -0.05) is 18.2 Å². The van der Waals surface area contributed by atoms with Crippen molar-refractivity contribution in [1.82, 2.24) is 24.8 Å². The number of piperazine rings is 1. The average molecular weight is 754 g/mol. The van der Waals surface area contributed by atoms with Crippen molar-refractivity contribution in [2.24, 2.45) is 0 Å². The number of benzene rings is 2. The van der Waals surface area contributed by atoms with Crippen LogP contribution in [0.15, 0.2) is 79.3 Å². The van der Waals surface area contributed by atoms with Crippen LogP contribution in [0.5, 0.6) is 0 Å². The van der Waals surface area contributed by atoms with E-state index in [2.05, 4.69) is 51.7 Å². The number of likely N-dealkylation sites (N-methyl/N-ethyl adjacent to an activating group) is 1. The number of aromatic nitrogens is 3. The zero-order chi connectivity index (χ0) is 38.1. The summed E-state index contributed by atoms with van der Waals surface area (Å²) in [7, 11) is -2.57. The van der Waals surface area contributed by atoms with Crippen LogP contribution in [-0.4, -0.2) is 131 Å². The summed E-state index contributed by atoms with van der Waals surface area (Å²) in [5.74, 6) is 0.333. The molecule has 2 fully saturated rings. The van der Waals surface area contributed by atoms with Crippen LogP contribution >= 0.6 is 7.82 Å². The van der Waals surface area contributed by atoms with Crippen LogP contribution in [0.25, 0.3) is 11.3 Å². The first-order valence-corrected chi connectivity index (χ1v) is 18.3. The number of carbonyl (C=O) groups is 1. The average Bonchev–Trinajstić information content (AvgIpc) is 3.14. The highest BCUT2D eigenvalue weighted by Gasteiger charge is 2.43. The number of nitrogens with one attached hydrogen (secondary N) is 2. The highest BCUT2D eigenvalue weighted by molar-refractivity contribution is 7.46. The van der Waals surface area contributed by atoms with Gasteiger partial charge in [0.15, 0.2) is 6.29 Å². The molecule has 2 aromatic carbocycles. The van der Waals surface area contributed by atoms with E-state index in [1.165, 1.54) is 5.56 Å². The van der Waals surface area contributed by atoms with E-state index in [-0.39, 0.29) is 5.91 Å². The van der Waals surface area contributed by atoms with Crippen molar-refractivity contribution in [3.05, 3.63) is 95.9 Å². The molecule has 8 N–H and O–H groups in total. The van der Waals surface area contributed by atoms with Gasteiger partial charge in [-0.2, -0.15) is 0 Å². The van der Waals surface area contributed by atoms with Gasteiger partial charge in [-0.15, -0.1) is 0 Å². The van der Waals surface area contributed by atoms with Crippen molar-refractivity contribution in [2.45, 2.75) is 44.2 Å². The molecular weight excluding hydrogens is 709 g/mol. The van der Waals surface area contributed by atoms with E-state index in [9.17, 15) is 19.6 Å². The van der Waals surface area contributed by atoms with Gasteiger partial charge in [0.1, 0.15) is 24.4 Å². The molecule has 2 aliphatic heterocycles. The monoisotopic (exact) mass is 753 g/mol. The third-order valence-electron chi connectivity index (χ3n) is 8.67. The van der Waals surface area contributed by atoms with Gasteiger partial charge in [0.05, 0.1) is 12.3 Å². The van der Waals surface area contributed by atoms with Crippen molar-refractivity contribution >= 4 is 31.1 Å². The largest absolute Gasteiger partial charge is 0.469 e. The number of anilines is 3. The fraction of sp³-hybridized carbons (Fsp3) is 0.371. The second kappa shape index (κ2) is 18.2. The van der Waals surface area contributed by atoms with Crippen LogP contribution in [0, 0.1) is 6.92 Å². The molecule has 0 unspecified atom stereocenters. The molecule has 2 aromatic heterocycles. The Balaban J connectivity index is 0.000000285. The predicted molar refractivity (Wildman–Crippen MR) is 194 cm³/mol. The molecule has 6 rings (SSSR count). The summed E-state index contributed by atoms with van der Waals surface area (Å²) < 4.78 is 19.0. The molecule has 0 bridgehead atoms. The van der Waals surface area contributed by atoms with Gasteiger partial charge in [-0.05, 0) is 67.6 Å². The predicted octanol–water partition coefficient (Wildman–Crippen LogP) is 1.49. The number of carbonyl (C=O) groups excluding carboxylic acids is 1. The molecule has 17 nitrogen and oxygen atoms in total. The Morgan fingerprint density at radius 2 is 1.70 bits per heavy atom. The number of aliphatic hydroxyl groups excluding tert-OH is 4. The molecule has 53 heavy (non-hydrogen) atoms. The topological polar surface area (TPSA) is 243 Å². The van der Waals surface area contributed by atoms with Crippen molar-refractivity contribution in [3.8, 4) is 11.3 Å². The van der Waals surface area contributed by atoms with E-state index < -0.39 is 45.1 Å². The third kappa shape index (κ3) is 11.6. The molecular formula is C35H44N7O10P. The lowest BCUT2D eigenvalue weighted by Crippen LogP contribution is -2.58. The molecule has 284 valence electrons. The molecule has 2 saturated heterocycles. The summed E-state index contributed by atoms with van der Waals surface area (Å²) in [6, 6.07) is 19.3. The fourth-order valence-electron chi connectivity index (χ4n) is 5.52. The maximum atomic E-state index is 12.9. The van der Waals surface area contributed by atoms with Crippen molar-refractivity contribution in [3.63, 3.8) is 0 Å². The van der Waals surface area contributed by atoms with Crippen molar-refractivity contribution in [2.75, 3.05) is 50.5 Å². The Hall–Kier alpha value is -4.23. The first-order valence-electron chi connectivity index (χ1n) is 16.8. The van der Waals surface area contributed by atoms with Gasteiger partial charge in [0.25, 0.3) is 5.91 Å². The Bertz CT molecular complexity index is 1840. The molecule has 5 atom stereocenters. The van der Waals surface area contributed by atoms with E-state index in [1.807, 2.05) is 67.6 Å². The lowest BCUT2D eigenvalue weighted by atomic mass is 10.00. The number of hydrogen-bond acceptors (Lipinski definition) is 14. The lowest BCUT2D eigenvalue weighted by Gasteiger charge is -2.38. The van der Waals surface area contributed by atoms with Crippen LogP contribution in [0.1, 0.15) is 21.5 Å². The minimum Gasteiger partial charge on any atom is -0.387 e. The summed E-state index contributed by atoms with van der Waals surface area (Å²) in [6.07, 6.45) is -2.89. The van der Waals surface area contributed by atoms with E-state index in [0.29, 0.717) is 17.2 Å². The molecule has 0 spiro atoms. The second-order valence-corrected chi connectivity index (χ2v) is 14.0. The first kappa shape index (κ1) is 40.0. The number of phosphoric ester groups is 1. The highest BCUT2D eigenvalue weighted by atomic mass is 31.2. The minimum atomic E-state index is -4.73. The lowest BCUT2D eigenvalue weighted by molar-refractivity contribution is -0.285. The molecule has 18 heteroatoms. The number of phosphoric acid groups is 1. The summed E-state index contributed by atoms with van der Waals surface area (Å²) in [5, 5.41) is 43.0. The number of pyridine rings is 1. The van der Waals surface area contributed by atoms with Gasteiger partial charge in [0.2, 0.25) is 5.95 Å². The van der Waals surface area contributed by atoms with Crippen LogP contribution in [0.4, 0.5) is 17.3 Å². The maximum absolute atomic E-state index is 12.9.